The number of nitrogens with zero attached hydrogens (tertiary/aromatic N) is 1. The zero-order valence-electron chi connectivity index (χ0n) is 20.8. The molecule has 1 aromatic heterocycles. The van der Waals surface area contributed by atoms with E-state index in [4.69, 9.17) is 0 Å². The number of hydrogen-bond acceptors (Lipinski definition) is 0. The second-order valence-electron chi connectivity index (χ2n) is 9.49. The lowest BCUT2D eigenvalue weighted by molar-refractivity contribution is -0.677. The molecule has 3 aromatic carbocycles. The van der Waals surface area contributed by atoms with E-state index in [1.807, 2.05) is 0 Å². The average Bonchev–Trinajstić information content (AvgIpc) is 3.02. The number of pyridine rings is 1. The molecule has 0 aliphatic heterocycles. The summed E-state index contributed by atoms with van der Waals surface area (Å²) in [5, 5.41) is 1.35. The quantitative estimate of drug-likeness (QED) is 0.272. The highest BCUT2D eigenvalue weighted by Gasteiger charge is 2.29. The number of aromatic nitrogens is 1. The third kappa shape index (κ3) is 3.90. The van der Waals surface area contributed by atoms with Crippen molar-refractivity contribution in [2.45, 2.75) is 53.0 Å². The van der Waals surface area contributed by atoms with Crippen molar-refractivity contribution in [2.75, 3.05) is 0 Å². The van der Waals surface area contributed by atoms with Gasteiger partial charge in [-0.3, -0.25) is 0 Å². The summed E-state index contributed by atoms with van der Waals surface area (Å²) in [4.78, 5) is 0. The topological polar surface area (TPSA) is 3.88 Å². The minimum absolute atomic E-state index is 0.379. The zero-order valence-corrected chi connectivity index (χ0v) is 20.8. The Morgan fingerprint density at radius 3 is 2.09 bits per heavy atom. The second-order valence-corrected chi connectivity index (χ2v) is 9.49. The average molecular weight is 445 g/mol. The minimum Gasteiger partial charge on any atom is -0.196 e. The summed E-state index contributed by atoms with van der Waals surface area (Å²) in [7, 11) is 0. The van der Waals surface area contributed by atoms with Crippen LogP contribution in [0, 0.1) is 6.92 Å². The Hall–Kier alpha value is -3.45. The summed E-state index contributed by atoms with van der Waals surface area (Å²) in [6.07, 6.45) is 7.06. The lowest BCUT2D eigenvalue weighted by atomic mass is 9.84. The minimum atomic E-state index is 0.379. The molecule has 0 fully saturated rings. The standard InChI is InChI=1S/C33H34N/c1-5-19-34-24(4)22-31(27-15-11-8-12-16-27)29-18-17-28-30(26-13-9-7-10-14-26)21-23(3)20-25(6-2)32(28)33(29)34/h7-18,20-22,25H,5-6,19H2,1-4H3/q+1. The number of fused-ring (bicyclic) bond motifs is 3. The molecule has 34 heavy (non-hydrogen) atoms. The molecule has 0 amide bonds. The van der Waals surface area contributed by atoms with Gasteiger partial charge in [0, 0.05) is 36.5 Å². The SMILES string of the molecule is CCC[n+]1c(C)cc(-c2ccccc2)c2ccc3c(c21)C(CC)C=C(C)C=C3c1ccccc1. The van der Waals surface area contributed by atoms with Crippen LogP contribution in [0.4, 0.5) is 0 Å². The van der Waals surface area contributed by atoms with Crippen LogP contribution < -0.4 is 4.57 Å². The van der Waals surface area contributed by atoms with Gasteiger partial charge in [0.1, 0.15) is 6.54 Å². The van der Waals surface area contributed by atoms with E-state index in [0.717, 1.165) is 19.4 Å². The largest absolute Gasteiger partial charge is 0.217 e. The molecule has 1 heterocycles. The molecule has 5 rings (SSSR count). The van der Waals surface area contributed by atoms with Crippen molar-refractivity contribution in [3.05, 3.63) is 119 Å². The Bertz CT molecular complexity index is 1390. The van der Waals surface area contributed by atoms with Gasteiger partial charge in [0.25, 0.3) is 0 Å². The number of allylic oxidation sites excluding steroid dienone is 3. The molecule has 1 aliphatic carbocycles. The van der Waals surface area contributed by atoms with Crippen LogP contribution in [0.3, 0.4) is 0 Å². The molecule has 1 heteroatoms. The van der Waals surface area contributed by atoms with Crippen LogP contribution in [0.5, 0.6) is 0 Å². The summed E-state index contributed by atoms with van der Waals surface area (Å²) >= 11 is 0. The number of rotatable bonds is 5. The highest BCUT2D eigenvalue weighted by atomic mass is 15.0. The predicted octanol–water partition coefficient (Wildman–Crippen LogP) is 8.40. The Morgan fingerprint density at radius 1 is 0.765 bits per heavy atom. The Kier molecular flexibility index (Phi) is 6.20. The summed E-state index contributed by atoms with van der Waals surface area (Å²) in [5.41, 5.74) is 12.1. The Morgan fingerprint density at radius 2 is 1.44 bits per heavy atom. The van der Waals surface area contributed by atoms with Crippen molar-refractivity contribution >= 4 is 16.5 Å². The van der Waals surface area contributed by atoms with Crippen molar-refractivity contribution in [3.63, 3.8) is 0 Å². The van der Waals surface area contributed by atoms with Crippen molar-refractivity contribution in [1.29, 1.82) is 0 Å². The lowest BCUT2D eigenvalue weighted by Gasteiger charge is -2.20. The fraction of sp³-hybridized carbons (Fsp3) is 0.242. The van der Waals surface area contributed by atoms with Gasteiger partial charge in [0.05, 0.1) is 5.39 Å². The van der Waals surface area contributed by atoms with Crippen LogP contribution in [0.1, 0.15) is 61.9 Å². The first kappa shape index (κ1) is 22.3. The number of hydrogen-bond donors (Lipinski definition) is 0. The summed E-state index contributed by atoms with van der Waals surface area (Å²) in [5.74, 6) is 0.379. The molecule has 170 valence electrons. The molecule has 1 aliphatic rings. The number of aryl methyl sites for hydroxylation is 2. The maximum absolute atomic E-state index is 2.57. The molecule has 1 unspecified atom stereocenters. The molecule has 4 aromatic rings. The maximum atomic E-state index is 2.57. The van der Waals surface area contributed by atoms with Gasteiger partial charge in [-0.05, 0) is 41.7 Å². The Balaban J connectivity index is 1.92. The first-order chi connectivity index (χ1) is 16.6. The van der Waals surface area contributed by atoms with E-state index >= 15 is 0 Å². The fourth-order valence-electron chi connectivity index (χ4n) is 5.57. The van der Waals surface area contributed by atoms with Gasteiger partial charge in [-0.1, -0.05) is 98.3 Å². The molecule has 1 atom stereocenters. The van der Waals surface area contributed by atoms with Crippen molar-refractivity contribution in [2.24, 2.45) is 0 Å². The Labute approximate surface area is 204 Å². The molecule has 0 saturated heterocycles. The lowest BCUT2D eigenvalue weighted by Crippen LogP contribution is -2.39. The van der Waals surface area contributed by atoms with Crippen LogP contribution in [-0.2, 0) is 6.54 Å². The molecule has 0 bridgehead atoms. The van der Waals surface area contributed by atoms with Crippen LogP contribution in [0.15, 0.2) is 96.6 Å². The van der Waals surface area contributed by atoms with Gasteiger partial charge in [0.2, 0.25) is 5.52 Å². The first-order valence-electron chi connectivity index (χ1n) is 12.6. The van der Waals surface area contributed by atoms with E-state index in [1.165, 1.54) is 55.6 Å². The van der Waals surface area contributed by atoms with E-state index in [9.17, 15) is 0 Å². The molecule has 1 nitrogen and oxygen atoms in total. The van der Waals surface area contributed by atoms with E-state index in [1.54, 1.807) is 0 Å². The smallest absolute Gasteiger partial charge is 0.196 e. The van der Waals surface area contributed by atoms with E-state index in [2.05, 4.69) is 123 Å². The van der Waals surface area contributed by atoms with E-state index in [0.29, 0.717) is 5.92 Å². The van der Waals surface area contributed by atoms with Crippen molar-refractivity contribution in [3.8, 4) is 11.1 Å². The highest BCUT2D eigenvalue weighted by molar-refractivity contribution is 5.99. The van der Waals surface area contributed by atoms with Crippen LogP contribution >= 0.6 is 0 Å². The molecule has 0 N–H and O–H groups in total. The van der Waals surface area contributed by atoms with E-state index in [-0.39, 0.29) is 0 Å². The van der Waals surface area contributed by atoms with Crippen molar-refractivity contribution < 1.29 is 4.57 Å². The summed E-state index contributed by atoms with van der Waals surface area (Å²) in [6, 6.07) is 28.9. The molecule has 0 saturated carbocycles. The van der Waals surface area contributed by atoms with Crippen LogP contribution in [0.2, 0.25) is 0 Å². The third-order valence-electron chi connectivity index (χ3n) is 7.11. The molecular formula is C33H34N+. The molecule has 0 radical (unpaired) electrons. The first-order valence-corrected chi connectivity index (χ1v) is 12.6. The van der Waals surface area contributed by atoms with Crippen LogP contribution in [-0.4, -0.2) is 0 Å². The maximum Gasteiger partial charge on any atom is 0.217 e. The monoisotopic (exact) mass is 444 g/mol. The van der Waals surface area contributed by atoms with Gasteiger partial charge in [0.15, 0.2) is 5.69 Å². The predicted molar refractivity (Wildman–Crippen MR) is 145 cm³/mol. The van der Waals surface area contributed by atoms with E-state index < -0.39 is 0 Å². The van der Waals surface area contributed by atoms with Gasteiger partial charge in [-0.2, -0.15) is 4.57 Å². The van der Waals surface area contributed by atoms with Gasteiger partial charge >= 0.3 is 0 Å². The summed E-state index contributed by atoms with van der Waals surface area (Å²) < 4.78 is 2.57. The number of benzene rings is 3. The van der Waals surface area contributed by atoms with Gasteiger partial charge < -0.3 is 0 Å². The molecular weight excluding hydrogens is 410 g/mol. The third-order valence-corrected chi connectivity index (χ3v) is 7.11. The van der Waals surface area contributed by atoms with Crippen molar-refractivity contribution in [1.82, 2.24) is 0 Å². The highest BCUT2D eigenvalue weighted by Crippen LogP contribution is 2.42. The fourth-order valence-corrected chi connectivity index (χ4v) is 5.57. The van der Waals surface area contributed by atoms with Gasteiger partial charge in [-0.15, -0.1) is 0 Å². The second kappa shape index (κ2) is 9.43. The van der Waals surface area contributed by atoms with Gasteiger partial charge in [-0.25, -0.2) is 0 Å². The zero-order chi connectivity index (χ0) is 23.7. The van der Waals surface area contributed by atoms with Crippen LogP contribution in [0.25, 0.3) is 27.6 Å². The summed E-state index contributed by atoms with van der Waals surface area (Å²) in [6.45, 7) is 10.1. The molecule has 0 spiro atoms. The normalized spacial score (nSPS) is 15.5.